The minimum absolute atomic E-state index is 0. The molecule has 0 aliphatic carbocycles. The number of anilines is 1. The lowest BCUT2D eigenvalue weighted by Gasteiger charge is -2.32. The molecule has 1 atom stereocenters. The van der Waals surface area contributed by atoms with Crippen LogP contribution in [0, 0.1) is 0 Å². The van der Waals surface area contributed by atoms with Gasteiger partial charge in [0, 0.05) is 59.1 Å². The fraction of sp³-hybridized carbons (Fsp3) is 0.684. The van der Waals surface area contributed by atoms with E-state index in [4.69, 9.17) is 9.73 Å². The van der Waals surface area contributed by atoms with E-state index in [0.717, 1.165) is 57.7 Å². The molecule has 1 unspecified atom stereocenters. The maximum Gasteiger partial charge on any atom is 0.194 e. The van der Waals surface area contributed by atoms with Gasteiger partial charge in [-0.05, 0) is 31.0 Å². The van der Waals surface area contributed by atoms with Crippen LogP contribution in [0.5, 0.6) is 0 Å². The van der Waals surface area contributed by atoms with E-state index in [1.807, 2.05) is 31.3 Å². The number of ether oxygens (including phenoxy) is 1. The Balaban J connectivity index is 0.00000261. The number of pyridine rings is 1. The largest absolute Gasteiger partial charge is 0.379 e. The molecule has 3 rings (SSSR count). The second-order valence-electron chi connectivity index (χ2n) is 7.12. The Bertz CT molecular complexity index is 606. The summed E-state index contributed by atoms with van der Waals surface area (Å²) in [5, 5.41) is 3.46. The Morgan fingerprint density at radius 1 is 1.33 bits per heavy atom. The average molecular weight is 488 g/mol. The second-order valence-corrected chi connectivity index (χ2v) is 7.12. The molecular weight excluding hydrogens is 455 g/mol. The number of nitrogens with zero attached hydrogens (tertiary/aromatic N) is 5. The molecule has 152 valence electrons. The molecule has 1 aromatic rings. The predicted octanol–water partition coefficient (Wildman–Crippen LogP) is 1.64. The summed E-state index contributed by atoms with van der Waals surface area (Å²) in [5.41, 5.74) is 1.18. The third kappa shape index (κ3) is 6.18. The Morgan fingerprint density at radius 3 is 2.81 bits per heavy atom. The van der Waals surface area contributed by atoms with Gasteiger partial charge in [0.25, 0.3) is 0 Å². The number of guanidine groups is 1. The van der Waals surface area contributed by atoms with Gasteiger partial charge in [-0.2, -0.15) is 0 Å². The zero-order valence-electron chi connectivity index (χ0n) is 16.7. The standard InChI is InChI=1S/C19H32N6O.HI/c1-4-20-19(22-14-16-5-7-21-18(13-16)23(2)3)25-8-6-17(15-25)24-9-11-26-12-10-24;/h5,7,13,17H,4,6,8-12,14-15H2,1-3H3,(H,20,22);1H. The van der Waals surface area contributed by atoms with Gasteiger partial charge in [0.2, 0.25) is 0 Å². The minimum Gasteiger partial charge on any atom is -0.379 e. The van der Waals surface area contributed by atoms with Crippen molar-refractivity contribution in [1.82, 2.24) is 20.1 Å². The van der Waals surface area contributed by atoms with Gasteiger partial charge in [-0.3, -0.25) is 4.90 Å². The van der Waals surface area contributed by atoms with Gasteiger partial charge in [-0.1, -0.05) is 0 Å². The lowest BCUT2D eigenvalue weighted by molar-refractivity contribution is 0.0195. The minimum atomic E-state index is 0. The molecule has 2 aliphatic heterocycles. The van der Waals surface area contributed by atoms with Crippen molar-refractivity contribution in [3.8, 4) is 0 Å². The van der Waals surface area contributed by atoms with E-state index >= 15 is 0 Å². The number of likely N-dealkylation sites (tertiary alicyclic amines) is 1. The van der Waals surface area contributed by atoms with Gasteiger partial charge in [0.05, 0.1) is 19.8 Å². The van der Waals surface area contributed by atoms with Crippen LogP contribution in [0.3, 0.4) is 0 Å². The molecule has 27 heavy (non-hydrogen) atoms. The molecule has 8 heteroatoms. The van der Waals surface area contributed by atoms with Crippen LogP contribution in [-0.4, -0.2) is 86.8 Å². The van der Waals surface area contributed by atoms with Crippen LogP contribution < -0.4 is 10.2 Å². The normalized spacial score (nSPS) is 21.1. The molecule has 0 amide bonds. The van der Waals surface area contributed by atoms with Crippen molar-refractivity contribution in [2.75, 3.05) is 64.9 Å². The Kier molecular flexibility index (Phi) is 9.04. The third-order valence-electron chi connectivity index (χ3n) is 5.04. The van der Waals surface area contributed by atoms with E-state index in [9.17, 15) is 0 Å². The molecule has 2 fully saturated rings. The van der Waals surface area contributed by atoms with Crippen molar-refractivity contribution < 1.29 is 4.74 Å². The highest BCUT2D eigenvalue weighted by atomic mass is 127. The van der Waals surface area contributed by atoms with Crippen LogP contribution in [0.2, 0.25) is 0 Å². The summed E-state index contributed by atoms with van der Waals surface area (Å²) in [6.45, 7) is 9.62. The number of aliphatic imine (C=N–C) groups is 1. The first-order chi connectivity index (χ1) is 12.7. The van der Waals surface area contributed by atoms with Gasteiger partial charge >= 0.3 is 0 Å². The monoisotopic (exact) mass is 488 g/mol. The second kappa shape index (κ2) is 11.0. The summed E-state index contributed by atoms with van der Waals surface area (Å²) in [4.78, 5) is 16.3. The Hall–Kier alpha value is -1.13. The van der Waals surface area contributed by atoms with Gasteiger partial charge in [0.1, 0.15) is 5.82 Å². The molecule has 1 N–H and O–H groups in total. The predicted molar refractivity (Wildman–Crippen MR) is 121 cm³/mol. The molecule has 0 radical (unpaired) electrons. The topological polar surface area (TPSA) is 56.2 Å². The van der Waals surface area contributed by atoms with Crippen molar-refractivity contribution in [3.63, 3.8) is 0 Å². The number of hydrogen-bond acceptors (Lipinski definition) is 5. The van der Waals surface area contributed by atoms with E-state index in [2.05, 4.69) is 33.1 Å². The molecule has 1 aromatic heterocycles. The van der Waals surface area contributed by atoms with Crippen LogP contribution in [0.1, 0.15) is 18.9 Å². The Labute approximate surface area is 180 Å². The summed E-state index contributed by atoms with van der Waals surface area (Å²) in [5.74, 6) is 1.99. The maximum atomic E-state index is 5.49. The van der Waals surface area contributed by atoms with E-state index < -0.39 is 0 Å². The Morgan fingerprint density at radius 2 is 2.11 bits per heavy atom. The highest BCUT2D eigenvalue weighted by molar-refractivity contribution is 14.0. The summed E-state index contributed by atoms with van der Waals surface area (Å²) in [6.07, 6.45) is 3.06. The van der Waals surface area contributed by atoms with Crippen LogP contribution in [-0.2, 0) is 11.3 Å². The van der Waals surface area contributed by atoms with E-state index in [1.165, 1.54) is 12.0 Å². The van der Waals surface area contributed by atoms with Crippen molar-refractivity contribution in [2.24, 2.45) is 4.99 Å². The van der Waals surface area contributed by atoms with Gasteiger partial charge < -0.3 is 19.9 Å². The maximum absolute atomic E-state index is 5.49. The van der Waals surface area contributed by atoms with Crippen molar-refractivity contribution in [1.29, 1.82) is 0 Å². The van der Waals surface area contributed by atoms with Crippen LogP contribution in [0.25, 0.3) is 0 Å². The molecule has 0 bridgehead atoms. The smallest absolute Gasteiger partial charge is 0.194 e. The van der Waals surface area contributed by atoms with E-state index in [1.54, 1.807) is 0 Å². The third-order valence-corrected chi connectivity index (χ3v) is 5.04. The number of hydrogen-bond donors (Lipinski definition) is 1. The fourth-order valence-corrected chi connectivity index (χ4v) is 3.57. The van der Waals surface area contributed by atoms with Crippen LogP contribution in [0.4, 0.5) is 5.82 Å². The average Bonchev–Trinajstić information content (AvgIpc) is 3.16. The fourth-order valence-electron chi connectivity index (χ4n) is 3.57. The van der Waals surface area contributed by atoms with Crippen molar-refractivity contribution >= 4 is 35.8 Å². The van der Waals surface area contributed by atoms with Crippen LogP contribution >= 0.6 is 24.0 Å². The molecule has 0 spiro atoms. The van der Waals surface area contributed by atoms with Gasteiger partial charge in [0.15, 0.2) is 5.96 Å². The lowest BCUT2D eigenvalue weighted by Crippen LogP contribution is -2.46. The molecule has 0 saturated carbocycles. The molecule has 2 aliphatic rings. The zero-order chi connectivity index (χ0) is 18.4. The first-order valence-electron chi connectivity index (χ1n) is 9.64. The molecular formula is C19H33IN6O. The molecule has 7 nitrogen and oxygen atoms in total. The number of morpholine rings is 1. The van der Waals surface area contributed by atoms with Crippen molar-refractivity contribution in [2.45, 2.75) is 25.9 Å². The number of nitrogens with one attached hydrogen (secondary N) is 1. The summed E-state index contributed by atoms with van der Waals surface area (Å²) >= 11 is 0. The van der Waals surface area contributed by atoms with E-state index in [-0.39, 0.29) is 24.0 Å². The van der Waals surface area contributed by atoms with E-state index in [0.29, 0.717) is 12.6 Å². The first kappa shape index (κ1) is 22.2. The first-order valence-corrected chi connectivity index (χ1v) is 9.64. The number of rotatable bonds is 5. The summed E-state index contributed by atoms with van der Waals surface area (Å²) < 4.78 is 5.49. The van der Waals surface area contributed by atoms with Crippen molar-refractivity contribution in [3.05, 3.63) is 23.9 Å². The number of aromatic nitrogens is 1. The highest BCUT2D eigenvalue weighted by Gasteiger charge is 2.30. The number of halogens is 1. The zero-order valence-corrected chi connectivity index (χ0v) is 19.1. The summed E-state index contributed by atoms with van der Waals surface area (Å²) in [7, 11) is 4.02. The van der Waals surface area contributed by atoms with Gasteiger partial charge in [-0.15, -0.1) is 24.0 Å². The lowest BCUT2D eigenvalue weighted by atomic mass is 10.2. The molecule has 2 saturated heterocycles. The summed E-state index contributed by atoms with van der Waals surface area (Å²) in [6, 6.07) is 4.76. The van der Waals surface area contributed by atoms with Crippen LogP contribution in [0.15, 0.2) is 23.3 Å². The quantitative estimate of drug-likeness (QED) is 0.387. The highest BCUT2D eigenvalue weighted by Crippen LogP contribution is 2.17. The SMILES string of the molecule is CCNC(=NCc1ccnc(N(C)C)c1)N1CCC(N2CCOCC2)C1.I. The molecule has 3 heterocycles. The molecule has 0 aromatic carbocycles. The van der Waals surface area contributed by atoms with Gasteiger partial charge in [-0.25, -0.2) is 9.98 Å².